The van der Waals surface area contributed by atoms with Crippen molar-refractivity contribution in [3.8, 4) is 0 Å². The van der Waals surface area contributed by atoms with E-state index in [0.29, 0.717) is 11.8 Å². The van der Waals surface area contributed by atoms with Gasteiger partial charge in [-0.05, 0) is 54.5 Å². The summed E-state index contributed by atoms with van der Waals surface area (Å²) in [5.74, 6) is 2.96. The van der Waals surface area contributed by atoms with Gasteiger partial charge in [-0.3, -0.25) is 0 Å². The Kier molecular flexibility index (Phi) is 5.70. The van der Waals surface area contributed by atoms with Gasteiger partial charge in [0.15, 0.2) is 9.68 Å². The maximum absolute atomic E-state index is 6.16. The summed E-state index contributed by atoms with van der Waals surface area (Å²) in [7, 11) is 0. The molecule has 1 heterocycles. The fourth-order valence-electron chi connectivity index (χ4n) is 3.79. The van der Waals surface area contributed by atoms with Crippen LogP contribution in [-0.2, 0) is 0 Å². The molecule has 1 aromatic rings. The van der Waals surface area contributed by atoms with Gasteiger partial charge in [-0.1, -0.05) is 54.1 Å². The van der Waals surface area contributed by atoms with Gasteiger partial charge in [-0.15, -0.1) is 0 Å². The fraction of sp³-hybridized carbons (Fsp3) is 0.812. The maximum Gasteiger partial charge on any atom is 0.198 e. The zero-order chi connectivity index (χ0) is 15.7. The van der Waals surface area contributed by atoms with E-state index in [0.717, 1.165) is 41.9 Å². The van der Waals surface area contributed by atoms with E-state index < -0.39 is 3.79 Å². The van der Waals surface area contributed by atoms with Gasteiger partial charge in [0.1, 0.15) is 10.4 Å². The molecule has 2 aliphatic carbocycles. The summed E-state index contributed by atoms with van der Waals surface area (Å²) in [5.41, 5.74) is 0. The molecule has 0 spiro atoms. The second kappa shape index (κ2) is 7.21. The fourth-order valence-corrected chi connectivity index (χ4v) is 5.02. The number of hydrogen-bond acceptors (Lipinski definition) is 2. The second-order valence-corrected chi connectivity index (χ2v) is 9.75. The molecule has 0 amide bonds. The van der Waals surface area contributed by atoms with E-state index in [4.69, 9.17) is 39.2 Å². The van der Waals surface area contributed by atoms with Crippen LogP contribution in [0.1, 0.15) is 81.3 Å². The highest BCUT2D eigenvalue weighted by atomic mass is 79.9. The molecule has 2 aliphatic rings. The molecule has 0 N–H and O–H groups in total. The first-order chi connectivity index (χ1) is 10.4. The minimum Gasteiger partial charge on any atom is -0.444 e. The number of aromatic nitrogens is 1. The quantitative estimate of drug-likeness (QED) is 0.467. The van der Waals surface area contributed by atoms with Gasteiger partial charge in [0, 0.05) is 17.8 Å². The Labute approximate surface area is 155 Å². The van der Waals surface area contributed by atoms with Gasteiger partial charge in [-0.2, -0.15) is 0 Å². The van der Waals surface area contributed by atoms with Crippen molar-refractivity contribution in [3.63, 3.8) is 0 Å². The first kappa shape index (κ1) is 17.4. The predicted octanol–water partition coefficient (Wildman–Crippen LogP) is 7.13. The highest BCUT2D eigenvalue weighted by Crippen LogP contribution is 2.47. The Morgan fingerprint density at radius 1 is 0.909 bits per heavy atom. The summed E-state index contributed by atoms with van der Waals surface area (Å²) in [6, 6.07) is 0. The third-order valence-corrected chi connectivity index (χ3v) is 6.64. The molecule has 22 heavy (non-hydrogen) atoms. The lowest BCUT2D eigenvalue weighted by atomic mass is 9.82. The molecule has 124 valence electrons. The molecule has 3 rings (SSSR count). The molecule has 0 saturated heterocycles. The monoisotopic (exact) mass is 427 g/mol. The SMILES string of the molecule is ClC(Cl)(Cl)C1CCC(c2nc(Br)c(C3CCCCC3)o2)CC1. The van der Waals surface area contributed by atoms with Crippen LogP contribution in [0.15, 0.2) is 9.02 Å². The zero-order valence-electron chi connectivity index (χ0n) is 12.5. The van der Waals surface area contributed by atoms with Gasteiger partial charge in [0.2, 0.25) is 0 Å². The van der Waals surface area contributed by atoms with Gasteiger partial charge in [-0.25, -0.2) is 4.98 Å². The average Bonchev–Trinajstić information content (AvgIpc) is 2.89. The summed E-state index contributed by atoms with van der Waals surface area (Å²) in [6.45, 7) is 0. The van der Waals surface area contributed by atoms with Crippen molar-refractivity contribution in [1.29, 1.82) is 0 Å². The van der Waals surface area contributed by atoms with Gasteiger partial charge in [0.25, 0.3) is 0 Å². The topological polar surface area (TPSA) is 26.0 Å². The van der Waals surface area contributed by atoms with Crippen LogP contribution in [-0.4, -0.2) is 8.78 Å². The maximum atomic E-state index is 6.16. The molecule has 2 fully saturated rings. The molecule has 0 bridgehead atoms. The molecule has 0 atom stereocenters. The van der Waals surface area contributed by atoms with E-state index >= 15 is 0 Å². The number of oxazole rings is 1. The summed E-state index contributed by atoms with van der Waals surface area (Å²) in [4.78, 5) is 4.65. The minimum atomic E-state index is -1.14. The standard InChI is InChI=1S/C16H21BrCl3NO/c17-14-13(10-4-2-1-3-5-10)22-15(21-14)11-6-8-12(9-7-11)16(18,19)20/h10-12H,1-9H2. The Bertz CT molecular complexity index is 500. The van der Waals surface area contributed by atoms with Crippen LogP contribution >= 0.6 is 50.7 Å². The Hall–Kier alpha value is 0.560. The molecule has 1 aromatic heterocycles. The molecule has 6 heteroatoms. The highest BCUT2D eigenvalue weighted by molar-refractivity contribution is 9.10. The molecular formula is C16H21BrCl3NO. The Morgan fingerprint density at radius 2 is 1.55 bits per heavy atom. The van der Waals surface area contributed by atoms with Crippen LogP contribution in [0.4, 0.5) is 0 Å². The van der Waals surface area contributed by atoms with E-state index in [1.807, 2.05) is 0 Å². The first-order valence-electron chi connectivity index (χ1n) is 8.18. The second-order valence-electron chi connectivity index (χ2n) is 6.63. The number of halogens is 4. The van der Waals surface area contributed by atoms with Crippen LogP contribution in [0.3, 0.4) is 0 Å². The largest absolute Gasteiger partial charge is 0.444 e. The summed E-state index contributed by atoms with van der Waals surface area (Å²) >= 11 is 21.7. The normalized spacial score (nSPS) is 28.0. The van der Waals surface area contributed by atoms with E-state index in [2.05, 4.69) is 20.9 Å². The average molecular weight is 430 g/mol. The Balaban J connectivity index is 1.66. The number of alkyl halides is 3. The number of hydrogen-bond donors (Lipinski definition) is 0. The molecule has 0 radical (unpaired) electrons. The molecule has 2 saturated carbocycles. The van der Waals surface area contributed by atoms with Crippen molar-refractivity contribution in [2.75, 3.05) is 0 Å². The Morgan fingerprint density at radius 3 is 2.14 bits per heavy atom. The molecule has 0 aliphatic heterocycles. The molecule has 0 aromatic carbocycles. The van der Waals surface area contributed by atoms with Gasteiger partial charge < -0.3 is 4.42 Å². The van der Waals surface area contributed by atoms with E-state index in [-0.39, 0.29) is 5.92 Å². The number of rotatable bonds is 2. The summed E-state index contributed by atoms with van der Waals surface area (Å²) in [5, 5.41) is 0. The van der Waals surface area contributed by atoms with Crippen molar-refractivity contribution < 1.29 is 4.42 Å². The van der Waals surface area contributed by atoms with Gasteiger partial charge in [0.05, 0.1) is 0 Å². The van der Waals surface area contributed by atoms with Crippen LogP contribution in [0, 0.1) is 5.92 Å². The third-order valence-electron chi connectivity index (χ3n) is 5.14. The number of nitrogens with zero attached hydrogens (tertiary/aromatic N) is 1. The molecule has 0 unspecified atom stereocenters. The first-order valence-corrected chi connectivity index (χ1v) is 10.1. The van der Waals surface area contributed by atoms with Crippen LogP contribution in [0.2, 0.25) is 0 Å². The summed E-state index contributed by atoms with van der Waals surface area (Å²) < 4.78 is 5.91. The third kappa shape index (κ3) is 3.96. The lowest BCUT2D eigenvalue weighted by molar-refractivity contribution is 0.281. The van der Waals surface area contributed by atoms with E-state index in [1.165, 1.54) is 32.1 Å². The van der Waals surface area contributed by atoms with Crippen molar-refractivity contribution in [3.05, 3.63) is 16.3 Å². The smallest absolute Gasteiger partial charge is 0.198 e. The lowest BCUT2D eigenvalue weighted by Gasteiger charge is -2.31. The van der Waals surface area contributed by atoms with Crippen molar-refractivity contribution in [2.45, 2.75) is 73.4 Å². The minimum absolute atomic E-state index is 0.143. The molecular weight excluding hydrogens is 408 g/mol. The van der Waals surface area contributed by atoms with Crippen molar-refractivity contribution in [2.24, 2.45) is 5.92 Å². The van der Waals surface area contributed by atoms with Crippen LogP contribution in [0.5, 0.6) is 0 Å². The predicted molar refractivity (Wildman–Crippen MR) is 95.0 cm³/mol. The van der Waals surface area contributed by atoms with Crippen molar-refractivity contribution >= 4 is 50.7 Å². The van der Waals surface area contributed by atoms with E-state index in [9.17, 15) is 0 Å². The van der Waals surface area contributed by atoms with E-state index in [1.54, 1.807) is 0 Å². The van der Waals surface area contributed by atoms with Crippen molar-refractivity contribution in [1.82, 2.24) is 4.98 Å². The van der Waals surface area contributed by atoms with Crippen LogP contribution in [0.25, 0.3) is 0 Å². The highest BCUT2D eigenvalue weighted by Gasteiger charge is 2.37. The van der Waals surface area contributed by atoms with Crippen LogP contribution < -0.4 is 0 Å². The summed E-state index contributed by atoms with van der Waals surface area (Å²) in [6.07, 6.45) is 10.2. The zero-order valence-corrected chi connectivity index (χ0v) is 16.3. The lowest BCUT2D eigenvalue weighted by Crippen LogP contribution is -2.24. The van der Waals surface area contributed by atoms with Gasteiger partial charge >= 0.3 is 0 Å². The molecule has 2 nitrogen and oxygen atoms in total.